The maximum absolute atomic E-state index is 12.4. The highest BCUT2D eigenvalue weighted by Crippen LogP contribution is 2.31. The minimum atomic E-state index is -1.53. The van der Waals surface area contributed by atoms with Gasteiger partial charge in [0.15, 0.2) is 0 Å². The van der Waals surface area contributed by atoms with Crippen LogP contribution in [-0.2, 0) is 9.59 Å². The van der Waals surface area contributed by atoms with Crippen molar-refractivity contribution in [3.8, 4) is 0 Å². The van der Waals surface area contributed by atoms with E-state index in [4.69, 9.17) is 27.2 Å². The Morgan fingerprint density at radius 1 is 1.29 bits per heavy atom. The number of nitrogens with two attached hydrogens (primary N) is 3. The second-order valence-electron chi connectivity index (χ2n) is 6.56. The topological polar surface area (TPSA) is 176 Å². The molecule has 0 aromatic heterocycles. The van der Waals surface area contributed by atoms with Gasteiger partial charge in [-0.1, -0.05) is 12.8 Å². The first kappa shape index (κ1) is 20.8. The Bertz CT molecular complexity index is 439. The zero-order valence-electron chi connectivity index (χ0n) is 13.9. The average molecular weight is 344 g/mol. The summed E-state index contributed by atoms with van der Waals surface area (Å²) >= 11 is 0. The van der Waals surface area contributed by atoms with Gasteiger partial charge in [0.05, 0.1) is 6.04 Å². The fraction of sp³-hybridized carbons (Fsp3) is 0.857. The fourth-order valence-corrected chi connectivity index (χ4v) is 3.11. The number of carbonyl (C=O) groups is 2. The summed E-state index contributed by atoms with van der Waals surface area (Å²) in [4.78, 5) is 25.4. The molecular weight excluding hydrogens is 315 g/mol. The van der Waals surface area contributed by atoms with Crippen LogP contribution in [0.1, 0.15) is 32.1 Å². The van der Waals surface area contributed by atoms with Crippen molar-refractivity contribution in [1.29, 1.82) is 0 Å². The quantitative estimate of drug-likeness (QED) is 0.193. The van der Waals surface area contributed by atoms with Crippen LogP contribution in [0, 0.1) is 5.92 Å². The number of carbonyl (C=O) groups excluding carboxylic acids is 1. The van der Waals surface area contributed by atoms with Gasteiger partial charge in [-0.3, -0.25) is 9.59 Å². The van der Waals surface area contributed by atoms with Crippen LogP contribution in [0.2, 0.25) is 6.32 Å². The Labute approximate surface area is 142 Å². The monoisotopic (exact) mass is 344 g/mol. The highest BCUT2D eigenvalue weighted by atomic mass is 16.4. The third-order valence-electron chi connectivity index (χ3n) is 4.63. The van der Waals surface area contributed by atoms with E-state index in [1.165, 1.54) is 4.90 Å². The zero-order chi connectivity index (χ0) is 18.3. The summed E-state index contributed by atoms with van der Waals surface area (Å²) in [6.07, 6.45) is 2.97. The molecule has 0 saturated carbocycles. The lowest BCUT2D eigenvalue weighted by molar-refractivity contribution is -0.144. The maximum atomic E-state index is 12.4. The molecule has 0 spiro atoms. The lowest BCUT2D eigenvalue weighted by Crippen LogP contribution is -2.55. The van der Waals surface area contributed by atoms with E-state index in [9.17, 15) is 14.7 Å². The summed E-state index contributed by atoms with van der Waals surface area (Å²) in [6.45, 7) is 0.667. The molecule has 1 rings (SSSR count). The van der Waals surface area contributed by atoms with E-state index in [1.807, 2.05) is 0 Å². The Morgan fingerprint density at radius 3 is 2.50 bits per heavy atom. The minimum Gasteiger partial charge on any atom is -0.480 e. The number of rotatable bonds is 10. The predicted molar refractivity (Wildman–Crippen MR) is 89.7 cm³/mol. The summed E-state index contributed by atoms with van der Waals surface area (Å²) in [5, 5.41) is 27.3. The number of carboxylic acid groups (broad SMARTS) is 1. The molecule has 10 heteroatoms. The first-order chi connectivity index (χ1) is 11.2. The second-order valence-corrected chi connectivity index (χ2v) is 6.56. The van der Waals surface area contributed by atoms with Gasteiger partial charge in [-0.25, -0.2) is 0 Å². The molecule has 0 aromatic carbocycles. The Hall–Kier alpha value is -1.20. The van der Waals surface area contributed by atoms with Crippen LogP contribution in [0.3, 0.4) is 0 Å². The maximum Gasteiger partial charge on any atom is 0.451 e. The summed E-state index contributed by atoms with van der Waals surface area (Å²) in [5.41, 5.74) is 15.8. The minimum absolute atomic E-state index is 0.0852. The number of amides is 1. The van der Waals surface area contributed by atoms with Crippen molar-refractivity contribution in [2.75, 3.05) is 19.6 Å². The van der Waals surface area contributed by atoms with Gasteiger partial charge >= 0.3 is 13.1 Å². The number of hydrogen-bond acceptors (Lipinski definition) is 7. The molecule has 138 valence electrons. The van der Waals surface area contributed by atoms with E-state index >= 15 is 0 Å². The van der Waals surface area contributed by atoms with Gasteiger partial charge in [-0.2, -0.15) is 0 Å². The number of aliphatic carboxylic acids is 1. The highest BCUT2D eigenvalue weighted by Gasteiger charge is 2.50. The lowest BCUT2D eigenvalue weighted by atomic mass is 9.78. The van der Waals surface area contributed by atoms with E-state index in [0.29, 0.717) is 25.8 Å². The van der Waals surface area contributed by atoms with Crippen LogP contribution < -0.4 is 17.2 Å². The molecule has 1 aliphatic heterocycles. The Balaban J connectivity index is 2.67. The van der Waals surface area contributed by atoms with Crippen LogP contribution in [0.4, 0.5) is 0 Å². The number of likely N-dealkylation sites (tertiary alicyclic amines) is 1. The van der Waals surface area contributed by atoms with Gasteiger partial charge in [0, 0.05) is 19.0 Å². The largest absolute Gasteiger partial charge is 0.480 e. The van der Waals surface area contributed by atoms with Crippen molar-refractivity contribution in [2.24, 2.45) is 23.1 Å². The third kappa shape index (κ3) is 5.42. The van der Waals surface area contributed by atoms with Crippen molar-refractivity contribution in [1.82, 2.24) is 4.90 Å². The van der Waals surface area contributed by atoms with E-state index in [-0.39, 0.29) is 25.3 Å². The molecule has 1 fully saturated rings. The van der Waals surface area contributed by atoms with Crippen molar-refractivity contribution in [3.63, 3.8) is 0 Å². The zero-order valence-corrected chi connectivity index (χ0v) is 13.9. The SMILES string of the molecule is NCCCC[C@H](N)C(=O)N1CC(CCCB(O)O)[C@](N)(C(=O)O)C1. The van der Waals surface area contributed by atoms with E-state index < -0.39 is 30.6 Å². The number of unbranched alkanes of at least 4 members (excludes halogenated alkanes) is 1. The summed E-state index contributed by atoms with van der Waals surface area (Å²) in [7, 11) is -1.43. The van der Waals surface area contributed by atoms with Gasteiger partial charge in [0.2, 0.25) is 5.91 Å². The molecule has 9 N–H and O–H groups in total. The predicted octanol–water partition coefficient (Wildman–Crippen LogP) is -2.06. The van der Waals surface area contributed by atoms with Crippen molar-refractivity contribution in [2.45, 2.75) is 50.0 Å². The van der Waals surface area contributed by atoms with Gasteiger partial charge in [-0.05, 0) is 32.1 Å². The fourth-order valence-electron chi connectivity index (χ4n) is 3.11. The number of carboxylic acids is 1. The molecule has 24 heavy (non-hydrogen) atoms. The summed E-state index contributed by atoms with van der Waals surface area (Å²) in [6, 6.07) is -0.687. The van der Waals surface area contributed by atoms with Crippen LogP contribution in [-0.4, -0.2) is 70.3 Å². The molecule has 0 radical (unpaired) electrons. The standard InChI is InChI=1S/C14H29BN4O5/c16-7-2-1-5-11(17)12(20)19-8-10(4-3-6-15(23)24)14(18,9-19)13(21)22/h10-11,23-24H,1-9,16-18H2,(H,21,22)/t10?,11-,14-/m0/s1. The summed E-state index contributed by atoms with van der Waals surface area (Å²) in [5.74, 6) is -1.91. The highest BCUT2D eigenvalue weighted by molar-refractivity contribution is 6.40. The van der Waals surface area contributed by atoms with Crippen LogP contribution in [0.5, 0.6) is 0 Å². The molecule has 1 amide bonds. The van der Waals surface area contributed by atoms with Crippen LogP contribution in [0.25, 0.3) is 0 Å². The molecule has 1 unspecified atom stereocenters. The normalized spacial score (nSPS) is 24.9. The smallest absolute Gasteiger partial charge is 0.451 e. The molecule has 1 heterocycles. The van der Waals surface area contributed by atoms with E-state index in [2.05, 4.69) is 0 Å². The molecule has 0 bridgehead atoms. The van der Waals surface area contributed by atoms with E-state index in [1.54, 1.807) is 0 Å². The van der Waals surface area contributed by atoms with E-state index in [0.717, 1.165) is 12.8 Å². The Morgan fingerprint density at radius 2 is 1.96 bits per heavy atom. The number of hydrogen-bond donors (Lipinski definition) is 6. The molecule has 3 atom stereocenters. The molecule has 0 aromatic rings. The van der Waals surface area contributed by atoms with Gasteiger partial charge in [-0.15, -0.1) is 0 Å². The van der Waals surface area contributed by atoms with Gasteiger partial charge < -0.3 is 37.3 Å². The first-order valence-corrected chi connectivity index (χ1v) is 8.35. The van der Waals surface area contributed by atoms with Crippen LogP contribution >= 0.6 is 0 Å². The number of nitrogens with zero attached hydrogens (tertiary/aromatic N) is 1. The van der Waals surface area contributed by atoms with Crippen LogP contribution in [0.15, 0.2) is 0 Å². The summed E-state index contributed by atoms with van der Waals surface area (Å²) < 4.78 is 0. The van der Waals surface area contributed by atoms with Crippen molar-refractivity contribution in [3.05, 3.63) is 0 Å². The molecule has 0 aliphatic carbocycles. The Kier molecular flexibility index (Phi) is 8.11. The lowest BCUT2D eigenvalue weighted by Gasteiger charge is -2.25. The average Bonchev–Trinajstić information content (AvgIpc) is 2.85. The van der Waals surface area contributed by atoms with Gasteiger partial charge in [0.1, 0.15) is 5.54 Å². The first-order valence-electron chi connectivity index (χ1n) is 8.35. The van der Waals surface area contributed by atoms with Crippen molar-refractivity contribution >= 4 is 19.0 Å². The van der Waals surface area contributed by atoms with Gasteiger partial charge in [0.25, 0.3) is 0 Å². The van der Waals surface area contributed by atoms with Crippen molar-refractivity contribution < 1.29 is 24.7 Å². The third-order valence-corrected chi connectivity index (χ3v) is 4.63. The molecular formula is C14H29BN4O5. The molecule has 1 saturated heterocycles. The second kappa shape index (κ2) is 9.33. The molecule has 9 nitrogen and oxygen atoms in total. The molecule has 1 aliphatic rings.